The van der Waals surface area contributed by atoms with Crippen LogP contribution in [0.15, 0.2) is 6.07 Å². The highest BCUT2D eigenvalue weighted by Gasteiger charge is 2.20. The van der Waals surface area contributed by atoms with Crippen LogP contribution in [-0.2, 0) is 4.74 Å². The zero-order chi connectivity index (χ0) is 11.6. The molecule has 0 atom stereocenters. The second kappa shape index (κ2) is 4.92. The Labute approximate surface area is 102 Å². The van der Waals surface area contributed by atoms with Crippen LogP contribution < -0.4 is 5.73 Å². The number of hydrogen-bond donors (Lipinski definition) is 1. The Bertz CT molecular complexity index is 381. The maximum absolute atomic E-state index is 11.5. The third-order valence-corrected chi connectivity index (χ3v) is 2.86. The van der Waals surface area contributed by atoms with Crippen LogP contribution in [-0.4, -0.2) is 12.6 Å². The van der Waals surface area contributed by atoms with E-state index in [0.29, 0.717) is 0 Å². The lowest BCUT2D eigenvalue weighted by Crippen LogP contribution is -2.07. The fraction of sp³-hybridized carbons (Fsp3) is 0.222. The van der Waals surface area contributed by atoms with E-state index in [0.717, 1.165) is 0 Å². The van der Waals surface area contributed by atoms with E-state index in [-0.39, 0.29) is 32.9 Å². The molecule has 0 spiro atoms. The Morgan fingerprint density at radius 2 is 2.00 bits per heavy atom. The van der Waals surface area contributed by atoms with E-state index >= 15 is 0 Å². The maximum Gasteiger partial charge on any atom is 0.341 e. The molecule has 0 aromatic heterocycles. The standard InChI is InChI=1S/C9H8Cl3NO2/c1-2-15-9(14)6-7(11)4(10)3-5(13)8(6)12/h3H,2,13H2,1H3. The van der Waals surface area contributed by atoms with Crippen molar-refractivity contribution < 1.29 is 9.53 Å². The molecule has 0 aliphatic rings. The zero-order valence-electron chi connectivity index (χ0n) is 7.81. The molecule has 0 unspecified atom stereocenters. The number of nitrogens with two attached hydrogens (primary N) is 1. The van der Waals surface area contributed by atoms with Gasteiger partial charge in [0.05, 0.1) is 27.4 Å². The lowest BCUT2D eigenvalue weighted by atomic mass is 10.2. The Hall–Kier alpha value is -0.640. The van der Waals surface area contributed by atoms with Gasteiger partial charge in [-0.3, -0.25) is 0 Å². The molecule has 0 saturated heterocycles. The van der Waals surface area contributed by atoms with Crippen molar-refractivity contribution in [1.82, 2.24) is 0 Å². The van der Waals surface area contributed by atoms with E-state index in [1.54, 1.807) is 6.92 Å². The number of ether oxygens (including phenoxy) is 1. The summed E-state index contributed by atoms with van der Waals surface area (Å²) < 4.78 is 4.78. The number of carbonyl (C=O) groups excluding carboxylic acids is 1. The van der Waals surface area contributed by atoms with Gasteiger partial charge in [0.25, 0.3) is 0 Å². The molecule has 0 bridgehead atoms. The second-order valence-corrected chi connectivity index (χ2v) is 3.83. The van der Waals surface area contributed by atoms with Gasteiger partial charge in [-0.2, -0.15) is 0 Å². The van der Waals surface area contributed by atoms with Crippen molar-refractivity contribution in [2.75, 3.05) is 12.3 Å². The first-order chi connectivity index (χ1) is 6.99. The van der Waals surface area contributed by atoms with Crippen molar-refractivity contribution in [3.63, 3.8) is 0 Å². The summed E-state index contributed by atoms with van der Waals surface area (Å²) in [6.07, 6.45) is 0. The minimum absolute atomic E-state index is 0.00480. The van der Waals surface area contributed by atoms with Crippen molar-refractivity contribution >= 4 is 46.5 Å². The normalized spacial score (nSPS) is 10.1. The molecule has 0 saturated carbocycles. The van der Waals surface area contributed by atoms with Crippen molar-refractivity contribution in [2.45, 2.75) is 6.92 Å². The van der Waals surface area contributed by atoms with E-state index in [9.17, 15) is 4.79 Å². The van der Waals surface area contributed by atoms with Crippen molar-refractivity contribution in [1.29, 1.82) is 0 Å². The van der Waals surface area contributed by atoms with Gasteiger partial charge >= 0.3 is 5.97 Å². The van der Waals surface area contributed by atoms with E-state index < -0.39 is 5.97 Å². The molecule has 1 rings (SSSR count). The average molecular weight is 269 g/mol. The number of benzene rings is 1. The van der Waals surface area contributed by atoms with Crippen LogP contribution in [0.3, 0.4) is 0 Å². The molecule has 1 aromatic rings. The molecule has 0 aliphatic heterocycles. The van der Waals surface area contributed by atoms with Crippen LogP contribution in [0.2, 0.25) is 15.1 Å². The van der Waals surface area contributed by atoms with E-state index in [1.807, 2.05) is 0 Å². The molecule has 15 heavy (non-hydrogen) atoms. The summed E-state index contributed by atoms with van der Waals surface area (Å²) in [5, 5.41) is 0.277. The predicted molar refractivity (Wildman–Crippen MR) is 61.8 cm³/mol. The first-order valence-electron chi connectivity index (χ1n) is 4.09. The molecule has 3 nitrogen and oxygen atoms in total. The topological polar surface area (TPSA) is 52.3 Å². The molecule has 6 heteroatoms. The number of anilines is 1. The van der Waals surface area contributed by atoms with Crippen LogP contribution >= 0.6 is 34.8 Å². The van der Waals surface area contributed by atoms with Crippen LogP contribution in [0.1, 0.15) is 17.3 Å². The molecule has 2 N–H and O–H groups in total. The first kappa shape index (κ1) is 12.4. The third kappa shape index (κ3) is 2.48. The molecule has 0 heterocycles. The largest absolute Gasteiger partial charge is 0.462 e. The predicted octanol–water partition coefficient (Wildman–Crippen LogP) is 3.41. The number of nitrogen functional groups attached to an aromatic ring is 1. The number of rotatable bonds is 2. The van der Waals surface area contributed by atoms with Gasteiger partial charge in [-0.1, -0.05) is 34.8 Å². The Kier molecular flexibility index (Phi) is 4.08. The van der Waals surface area contributed by atoms with Crippen LogP contribution in [0.5, 0.6) is 0 Å². The average Bonchev–Trinajstić information content (AvgIpc) is 2.16. The number of halogens is 3. The molecular weight excluding hydrogens is 260 g/mol. The lowest BCUT2D eigenvalue weighted by Gasteiger charge is -2.09. The van der Waals surface area contributed by atoms with Crippen LogP contribution in [0.4, 0.5) is 5.69 Å². The molecule has 0 amide bonds. The Balaban J connectivity index is 3.32. The number of carbonyl (C=O) groups is 1. The quantitative estimate of drug-likeness (QED) is 0.508. The number of hydrogen-bond acceptors (Lipinski definition) is 3. The number of esters is 1. The highest BCUT2D eigenvalue weighted by Crippen LogP contribution is 2.36. The Morgan fingerprint density at radius 3 is 2.53 bits per heavy atom. The van der Waals surface area contributed by atoms with Gasteiger partial charge in [0.15, 0.2) is 0 Å². The van der Waals surface area contributed by atoms with E-state index in [2.05, 4.69) is 0 Å². The van der Waals surface area contributed by atoms with Crippen LogP contribution in [0, 0.1) is 0 Å². The molecular formula is C9H8Cl3NO2. The second-order valence-electron chi connectivity index (χ2n) is 2.67. The van der Waals surface area contributed by atoms with E-state index in [1.165, 1.54) is 6.07 Å². The SMILES string of the molecule is CCOC(=O)c1c(Cl)c(N)cc(Cl)c1Cl. The maximum atomic E-state index is 11.5. The van der Waals surface area contributed by atoms with Gasteiger partial charge in [0.2, 0.25) is 0 Å². The summed E-state index contributed by atoms with van der Waals surface area (Å²) in [6.45, 7) is 1.89. The summed E-state index contributed by atoms with van der Waals surface area (Å²) >= 11 is 17.4. The lowest BCUT2D eigenvalue weighted by molar-refractivity contribution is 0.0527. The minimum Gasteiger partial charge on any atom is -0.462 e. The molecule has 82 valence electrons. The van der Waals surface area contributed by atoms with Gasteiger partial charge in [0, 0.05) is 0 Å². The molecule has 0 radical (unpaired) electrons. The smallest absolute Gasteiger partial charge is 0.341 e. The van der Waals surface area contributed by atoms with Gasteiger partial charge in [0.1, 0.15) is 5.56 Å². The van der Waals surface area contributed by atoms with Crippen molar-refractivity contribution in [2.24, 2.45) is 0 Å². The summed E-state index contributed by atoms with van der Waals surface area (Å²) in [7, 11) is 0. The fourth-order valence-corrected chi connectivity index (χ4v) is 1.72. The summed E-state index contributed by atoms with van der Waals surface area (Å²) in [4.78, 5) is 11.5. The van der Waals surface area contributed by atoms with Crippen LogP contribution in [0.25, 0.3) is 0 Å². The van der Waals surface area contributed by atoms with Gasteiger partial charge in [-0.05, 0) is 13.0 Å². The highest BCUT2D eigenvalue weighted by atomic mass is 35.5. The Morgan fingerprint density at radius 1 is 1.40 bits per heavy atom. The monoisotopic (exact) mass is 267 g/mol. The molecule has 0 fully saturated rings. The first-order valence-corrected chi connectivity index (χ1v) is 5.22. The van der Waals surface area contributed by atoms with E-state index in [4.69, 9.17) is 45.3 Å². The summed E-state index contributed by atoms with van der Waals surface area (Å²) in [6, 6.07) is 1.38. The molecule has 1 aromatic carbocycles. The fourth-order valence-electron chi connectivity index (χ4n) is 1.01. The molecule has 0 aliphatic carbocycles. The zero-order valence-corrected chi connectivity index (χ0v) is 10.1. The van der Waals surface area contributed by atoms with Gasteiger partial charge < -0.3 is 10.5 Å². The van der Waals surface area contributed by atoms with Gasteiger partial charge in [-0.25, -0.2) is 4.79 Å². The summed E-state index contributed by atoms with van der Waals surface area (Å²) in [5.74, 6) is -0.637. The van der Waals surface area contributed by atoms with Crippen molar-refractivity contribution in [3.05, 3.63) is 26.7 Å². The summed E-state index contributed by atoms with van der Waals surface area (Å²) in [5.41, 5.74) is 5.74. The highest BCUT2D eigenvalue weighted by molar-refractivity contribution is 6.47. The third-order valence-electron chi connectivity index (χ3n) is 1.66. The minimum atomic E-state index is -0.637. The van der Waals surface area contributed by atoms with Gasteiger partial charge in [-0.15, -0.1) is 0 Å². The van der Waals surface area contributed by atoms with Crippen molar-refractivity contribution in [3.8, 4) is 0 Å².